The molecule has 98 heavy (non-hydrogen) atoms. The SMILES string of the molecule is CC[C@H](C)C1O[C@H](O[C@H]2C([C@H]3COC(C)(C)O3)O[C@@](OCCCCCN(Cc3ccccc3)C(=O)OCc3ccccc3)(C(=O)OC)C[C@H]2C)C(OC(C)=O)[C@@H](O[C@H]2O[C@@H]([C@@H](C)CC)[C@@H](P[B]B=O)C(C)C2O[C@H]2OC(COC(C)=O)[C@@H](OC(C)=O)C(OC(C)=O)[C@H]2C)[C@@H]1P[B]B=O. The summed E-state index contributed by atoms with van der Waals surface area (Å²) < 4.78 is 128. The Hall–Kier alpha value is -4.62. The van der Waals surface area contributed by atoms with Crippen molar-refractivity contribution in [3.8, 4) is 0 Å². The molecule has 5 heterocycles. The maximum atomic E-state index is 14.4. The summed E-state index contributed by atoms with van der Waals surface area (Å²) in [6.07, 6.45) is -13.5. The summed E-state index contributed by atoms with van der Waals surface area (Å²) in [7, 11) is 2.32. The molecule has 2 radical (unpaired) electrons. The Morgan fingerprint density at radius 1 is 0.633 bits per heavy atom. The molecule has 0 saturated carbocycles. The first-order valence-corrected chi connectivity index (χ1v) is 36.4. The second kappa shape index (κ2) is 38.6. The van der Waals surface area contributed by atoms with Gasteiger partial charge in [0.05, 0.1) is 13.7 Å². The van der Waals surface area contributed by atoms with Crippen LogP contribution >= 0.6 is 16.9 Å². The van der Waals surface area contributed by atoms with Gasteiger partial charge in [-0.2, -0.15) is 0 Å². The molecule has 1 amide bonds. The van der Waals surface area contributed by atoms with E-state index in [2.05, 4.69) is 0 Å². The molecule has 0 aromatic heterocycles. The third-order valence-corrected chi connectivity index (χ3v) is 21.6. The van der Waals surface area contributed by atoms with Crippen LogP contribution in [0.5, 0.6) is 0 Å². The van der Waals surface area contributed by atoms with Crippen LogP contribution in [-0.2, 0) is 122 Å². The number of amides is 1. The molecule has 0 spiro atoms. The standard InChI is InChI=1S/C67H99B4NO24P2/c1-15-37(3)51-59(97-70-68-79)40(6)54(93-61-41(7)53(86-43(9)74)55(87-44(10)75)48(89-61)35-82-42(8)73)62(91-51)94-57-58(88-45(11)76)63(92-52(38(4)16-2)60(57)98-71-69-80)90-50-39(5)32-67(64(77)81-14,96-56(50)49-36-85-66(12,13)95-49)84-31-25-19-24-30-72(33-46-26-20-17-21-27-46)65(78)83-34-47-28-22-18-23-29-47/h17-18,20-23,26-29,37-41,48-63,97-98H,15-16,19,24-25,30-36H2,1-14H3/t37-,38-,39+,40?,41+,48?,49+,50+,51-,52?,53?,54?,55+,56?,57+,58?,59-,60+,61+,62+,63-,67+/m0/s1. The van der Waals surface area contributed by atoms with E-state index in [0.29, 0.717) is 52.2 Å². The van der Waals surface area contributed by atoms with Crippen LogP contribution in [0.4, 0.5) is 4.79 Å². The van der Waals surface area contributed by atoms with E-state index in [1.165, 1.54) is 41.7 Å². The van der Waals surface area contributed by atoms with Gasteiger partial charge in [0, 0.05) is 26.9 Å². The number of hydrogen-bond acceptors (Lipinski definition) is 24. The summed E-state index contributed by atoms with van der Waals surface area (Å²) >= 11 is 0. The number of carbonyl (C=O) groups excluding carboxylic acids is 6. The van der Waals surface area contributed by atoms with Crippen molar-refractivity contribution >= 4 is 80.7 Å². The van der Waals surface area contributed by atoms with Gasteiger partial charge in [0.25, 0.3) is 0 Å². The predicted octanol–water partition coefficient (Wildman–Crippen LogP) is 7.77. The fourth-order valence-corrected chi connectivity index (χ4v) is 16.1. The molecule has 9 unspecified atom stereocenters. The Bertz CT molecular complexity index is 2900. The minimum absolute atomic E-state index is 0.00157. The molecule has 31 heteroatoms. The van der Waals surface area contributed by atoms with Gasteiger partial charge in [-0.05, 0) is 44.2 Å². The molecule has 25 nitrogen and oxygen atoms in total. The molecular formula is C67H99B4NO24P2. The van der Waals surface area contributed by atoms with Crippen molar-refractivity contribution in [3.05, 3.63) is 71.8 Å². The molecule has 2 aromatic rings. The Labute approximate surface area is 582 Å². The van der Waals surface area contributed by atoms with Gasteiger partial charge in [-0.3, -0.25) is 9.59 Å². The van der Waals surface area contributed by atoms with Crippen molar-refractivity contribution in [2.45, 2.75) is 251 Å². The average molecular weight is 1410 g/mol. The van der Waals surface area contributed by atoms with E-state index in [0.717, 1.165) is 18.2 Å². The zero-order valence-corrected chi connectivity index (χ0v) is 60.9. The van der Waals surface area contributed by atoms with Gasteiger partial charge < -0.3 is 14.4 Å². The number of hydrogen-bond donors (Lipinski definition) is 0. The number of carbonyl (C=O) groups is 6. The second-order valence-electron chi connectivity index (χ2n) is 26.5. The number of benzene rings is 2. The summed E-state index contributed by atoms with van der Waals surface area (Å²) in [5.74, 6) is -9.07. The van der Waals surface area contributed by atoms with Crippen LogP contribution in [0.1, 0.15) is 140 Å². The molecule has 5 aliphatic heterocycles. The zero-order chi connectivity index (χ0) is 71.4. The predicted molar refractivity (Wildman–Crippen MR) is 361 cm³/mol. The molecule has 5 saturated heterocycles. The molecule has 538 valence electrons. The normalized spacial score (nSPS) is 32.9. The van der Waals surface area contributed by atoms with E-state index in [1.54, 1.807) is 32.6 Å². The monoisotopic (exact) mass is 1410 g/mol. The quantitative estimate of drug-likeness (QED) is 0.0212. The molecule has 24 atom stereocenters. The van der Waals surface area contributed by atoms with E-state index in [1.807, 2.05) is 102 Å². The van der Waals surface area contributed by atoms with Crippen LogP contribution in [0.3, 0.4) is 0 Å². The van der Waals surface area contributed by atoms with Crippen molar-refractivity contribution in [3.63, 3.8) is 0 Å². The van der Waals surface area contributed by atoms with Gasteiger partial charge in [0.2, 0.25) is 0 Å². The van der Waals surface area contributed by atoms with Gasteiger partial charge in [-0.25, -0.2) is 9.59 Å². The van der Waals surface area contributed by atoms with Crippen LogP contribution in [0.25, 0.3) is 0 Å². The van der Waals surface area contributed by atoms with Crippen molar-refractivity contribution in [2.75, 3.05) is 33.5 Å². The van der Waals surface area contributed by atoms with E-state index < -0.39 is 164 Å². The van der Waals surface area contributed by atoms with Gasteiger partial charge >= 0.3 is 399 Å². The van der Waals surface area contributed by atoms with Crippen molar-refractivity contribution in [2.24, 2.45) is 29.6 Å². The van der Waals surface area contributed by atoms with Crippen LogP contribution in [0.15, 0.2) is 60.7 Å². The third kappa shape index (κ3) is 22.0. The average Bonchev–Trinajstić information content (AvgIpc) is 0.997. The van der Waals surface area contributed by atoms with E-state index in [-0.39, 0.29) is 60.7 Å². The van der Waals surface area contributed by atoms with E-state index in [4.69, 9.17) is 75.8 Å². The summed E-state index contributed by atoms with van der Waals surface area (Å²) in [6.45, 7) is 25.3. The number of nitrogens with zero attached hydrogens (tertiary/aromatic N) is 1. The van der Waals surface area contributed by atoms with Crippen LogP contribution < -0.4 is 0 Å². The van der Waals surface area contributed by atoms with Gasteiger partial charge in [0.1, 0.15) is 6.61 Å². The number of methoxy groups -OCH3 is 1. The molecular weight excluding hydrogens is 1310 g/mol. The van der Waals surface area contributed by atoms with E-state index in [9.17, 15) is 38.2 Å². The number of unbranched alkanes of at least 4 members (excludes halogenated alkanes) is 2. The first kappa shape index (κ1) is 80.7. The third-order valence-electron chi connectivity index (χ3n) is 18.7. The number of esters is 5. The first-order valence-electron chi connectivity index (χ1n) is 34.1. The van der Waals surface area contributed by atoms with Crippen LogP contribution in [0, 0.1) is 29.6 Å². The number of rotatable bonds is 34. The summed E-state index contributed by atoms with van der Waals surface area (Å²) in [5.41, 5.74) is 0.741. The van der Waals surface area contributed by atoms with Gasteiger partial charge in [-0.15, -0.1) is 0 Å². The molecule has 0 bridgehead atoms. The first-order chi connectivity index (χ1) is 46.8. The summed E-state index contributed by atoms with van der Waals surface area (Å²) in [4.78, 5) is 81.3. The van der Waals surface area contributed by atoms with Crippen molar-refractivity contribution < 1.29 is 114 Å². The van der Waals surface area contributed by atoms with Crippen molar-refractivity contribution in [1.29, 1.82) is 0 Å². The molecule has 7 rings (SSSR count). The topological polar surface area (TPSA) is 287 Å². The fraction of sp³-hybridized carbons (Fsp3) is 0.731. The molecule has 0 aliphatic carbocycles. The Kier molecular flexibility index (Phi) is 31.8. The maximum absolute atomic E-state index is 14.4. The van der Waals surface area contributed by atoms with Crippen molar-refractivity contribution in [1.82, 2.24) is 4.90 Å². The Morgan fingerprint density at radius 3 is 1.77 bits per heavy atom. The molecule has 2 aromatic carbocycles. The fourth-order valence-electron chi connectivity index (χ4n) is 13.4. The molecule has 5 aliphatic rings. The molecule has 5 fully saturated rings. The Morgan fingerprint density at radius 2 is 1.19 bits per heavy atom. The van der Waals surface area contributed by atoms with E-state index >= 15 is 0 Å². The van der Waals surface area contributed by atoms with Gasteiger partial charge in [0.15, 0.2) is 0 Å². The molecule has 0 N–H and O–H groups in total. The van der Waals surface area contributed by atoms with Crippen LogP contribution in [-0.4, -0.2) is 211 Å². The minimum atomic E-state index is -1.99. The summed E-state index contributed by atoms with van der Waals surface area (Å²) in [6, 6.07) is 19.1. The zero-order valence-electron chi connectivity index (χ0n) is 58.9. The Balaban J connectivity index is 1.22. The summed E-state index contributed by atoms with van der Waals surface area (Å²) in [5, 5.41) is 0. The van der Waals surface area contributed by atoms with Gasteiger partial charge in [-0.1, -0.05) is 60.7 Å². The number of ether oxygens (including phenoxy) is 16. The van der Waals surface area contributed by atoms with Crippen LogP contribution in [0.2, 0.25) is 0 Å². The second-order valence-corrected chi connectivity index (χ2v) is 29.2.